The Morgan fingerprint density at radius 3 is 2.48 bits per heavy atom. The SMILES string of the molecule is CCCNC1CCCCCC1c1ccc(OCCC)cc1. The fraction of sp³-hybridized carbons (Fsp3) is 0.684. The molecule has 1 fully saturated rings. The molecule has 0 bridgehead atoms. The standard InChI is InChI=1S/C19H31NO/c1-3-14-20-19-9-7-5-6-8-18(19)16-10-12-17(13-11-16)21-15-4-2/h10-13,18-20H,3-9,14-15H2,1-2H3. The molecule has 2 heteroatoms. The molecule has 1 aliphatic carbocycles. The van der Waals surface area contributed by atoms with Crippen molar-refractivity contribution < 1.29 is 4.74 Å². The average Bonchev–Trinajstić information content (AvgIpc) is 2.77. The molecule has 0 spiro atoms. The number of benzene rings is 1. The molecular weight excluding hydrogens is 258 g/mol. The molecule has 2 rings (SSSR count). The molecule has 2 atom stereocenters. The van der Waals surface area contributed by atoms with Crippen LogP contribution in [0.5, 0.6) is 5.75 Å². The van der Waals surface area contributed by atoms with Crippen LogP contribution < -0.4 is 10.1 Å². The number of rotatable bonds is 7. The van der Waals surface area contributed by atoms with Crippen molar-refractivity contribution in [3.8, 4) is 5.75 Å². The van der Waals surface area contributed by atoms with E-state index in [9.17, 15) is 0 Å². The van der Waals surface area contributed by atoms with E-state index in [2.05, 4.69) is 43.4 Å². The van der Waals surface area contributed by atoms with E-state index in [-0.39, 0.29) is 0 Å². The Bertz CT molecular complexity index is 387. The lowest BCUT2D eigenvalue weighted by molar-refractivity contribution is 0.317. The van der Waals surface area contributed by atoms with Crippen LogP contribution in [-0.2, 0) is 0 Å². The zero-order valence-electron chi connectivity index (χ0n) is 13.7. The number of nitrogens with one attached hydrogen (secondary N) is 1. The molecular formula is C19H31NO. The van der Waals surface area contributed by atoms with E-state index in [1.54, 1.807) is 0 Å². The second-order valence-electron chi connectivity index (χ2n) is 6.22. The van der Waals surface area contributed by atoms with Crippen LogP contribution in [0.4, 0.5) is 0 Å². The molecule has 0 aromatic heterocycles. The van der Waals surface area contributed by atoms with Crippen molar-refractivity contribution in [3.63, 3.8) is 0 Å². The smallest absolute Gasteiger partial charge is 0.119 e. The third-order valence-corrected chi connectivity index (χ3v) is 4.45. The van der Waals surface area contributed by atoms with Crippen molar-refractivity contribution in [3.05, 3.63) is 29.8 Å². The summed E-state index contributed by atoms with van der Waals surface area (Å²) in [7, 11) is 0. The highest BCUT2D eigenvalue weighted by Crippen LogP contribution is 2.33. The predicted octanol–water partition coefficient (Wildman–Crippen LogP) is 4.89. The van der Waals surface area contributed by atoms with Gasteiger partial charge in [-0.3, -0.25) is 0 Å². The summed E-state index contributed by atoms with van der Waals surface area (Å²) < 4.78 is 5.70. The van der Waals surface area contributed by atoms with Gasteiger partial charge in [-0.05, 0) is 55.8 Å². The Kier molecular flexibility index (Phi) is 7.08. The summed E-state index contributed by atoms with van der Waals surface area (Å²) in [6, 6.07) is 9.50. The Morgan fingerprint density at radius 1 is 1.00 bits per heavy atom. The van der Waals surface area contributed by atoms with E-state index < -0.39 is 0 Å². The molecule has 0 amide bonds. The maximum Gasteiger partial charge on any atom is 0.119 e. The minimum atomic E-state index is 0.648. The van der Waals surface area contributed by atoms with E-state index in [1.807, 2.05) is 0 Å². The largest absolute Gasteiger partial charge is 0.494 e. The lowest BCUT2D eigenvalue weighted by atomic mass is 9.87. The topological polar surface area (TPSA) is 21.3 Å². The Hall–Kier alpha value is -1.02. The quantitative estimate of drug-likeness (QED) is 0.721. The van der Waals surface area contributed by atoms with Crippen molar-refractivity contribution in [2.75, 3.05) is 13.2 Å². The van der Waals surface area contributed by atoms with E-state index in [0.717, 1.165) is 25.3 Å². The van der Waals surface area contributed by atoms with Gasteiger partial charge < -0.3 is 10.1 Å². The Balaban J connectivity index is 2.04. The van der Waals surface area contributed by atoms with Gasteiger partial charge in [0, 0.05) is 6.04 Å². The van der Waals surface area contributed by atoms with Gasteiger partial charge in [0.25, 0.3) is 0 Å². The summed E-state index contributed by atoms with van der Waals surface area (Å²) in [6.07, 6.45) is 9.03. The third-order valence-electron chi connectivity index (χ3n) is 4.45. The minimum Gasteiger partial charge on any atom is -0.494 e. The predicted molar refractivity (Wildman–Crippen MR) is 90.1 cm³/mol. The van der Waals surface area contributed by atoms with E-state index in [1.165, 1.54) is 44.1 Å². The summed E-state index contributed by atoms with van der Waals surface area (Å²) in [5, 5.41) is 3.78. The van der Waals surface area contributed by atoms with Gasteiger partial charge in [0.2, 0.25) is 0 Å². The highest BCUT2D eigenvalue weighted by molar-refractivity contribution is 5.30. The van der Waals surface area contributed by atoms with Gasteiger partial charge in [-0.25, -0.2) is 0 Å². The van der Waals surface area contributed by atoms with Gasteiger partial charge in [-0.2, -0.15) is 0 Å². The maximum atomic E-state index is 5.70. The van der Waals surface area contributed by atoms with E-state index in [4.69, 9.17) is 4.74 Å². The highest BCUT2D eigenvalue weighted by atomic mass is 16.5. The van der Waals surface area contributed by atoms with Crippen molar-refractivity contribution in [2.45, 2.75) is 70.8 Å². The van der Waals surface area contributed by atoms with Crippen LogP contribution in [0, 0.1) is 0 Å². The Labute approximate surface area is 130 Å². The van der Waals surface area contributed by atoms with Gasteiger partial charge >= 0.3 is 0 Å². The summed E-state index contributed by atoms with van der Waals surface area (Å²) in [4.78, 5) is 0. The average molecular weight is 289 g/mol. The first-order valence-corrected chi connectivity index (χ1v) is 8.81. The van der Waals surface area contributed by atoms with Crippen LogP contribution in [-0.4, -0.2) is 19.2 Å². The van der Waals surface area contributed by atoms with Gasteiger partial charge in [0.15, 0.2) is 0 Å². The summed E-state index contributed by atoms with van der Waals surface area (Å²) >= 11 is 0. The van der Waals surface area contributed by atoms with Crippen LogP contribution in [0.2, 0.25) is 0 Å². The second-order valence-corrected chi connectivity index (χ2v) is 6.22. The van der Waals surface area contributed by atoms with Crippen LogP contribution in [0.3, 0.4) is 0 Å². The number of ether oxygens (including phenoxy) is 1. The van der Waals surface area contributed by atoms with Crippen molar-refractivity contribution in [2.24, 2.45) is 0 Å². The van der Waals surface area contributed by atoms with Crippen LogP contribution in [0.15, 0.2) is 24.3 Å². The molecule has 1 aliphatic rings. The zero-order chi connectivity index (χ0) is 14.9. The van der Waals surface area contributed by atoms with E-state index >= 15 is 0 Å². The zero-order valence-corrected chi connectivity index (χ0v) is 13.7. The minimum absolute atomic E-state index is 0.648. The first-order valence-electron chi connectivity index (χ1n) is 8.81. The summed E-state index contributed by atoms with van der Waals surface area (Å²) in [5.41, 5.74) is 1.48. The molecule has 0 aliphatic heterocycles. The van der Waals surface area contributed by atoms with Crippen LogP contribution in [0.25, 0.3) is 0 Å². The first kappa shape index (κ1) is 16.4. The normalized spacial score (nSPS) is 22.8. The number of hydrogen-bond acceptors (Lipinski definition) is 2. The van der Waals surface area contributed by atoms with Crippen molar-refractivity contribution in [1.29, 1.82) is 0 Å². The fourth-order valence-electron chi connectivity index (χ4n) is 3.31. The third kappa shape index (κ3) is 5.03. The van der Waals surface area contributed by atoms with Crippen molar-refractivity contribution in [1.82, 2.24) is 5.32 Å². The fourth-order valence-corrected chi connectivity index (χ4v) is 3.31. The number of hydrogen-bond donors (Lipinski definition) is 1. The molecule has 0 heterocycles. The molecule has 1 N–H and O–H groups in total. The summed E-state index contributed by atoms with van der Waals surface area (Å²) in [6.45, 7) is 6.34. The molecule has 1 saturated carbocycles. The van der Waals surface area contributed by atoms with Gasteiger partial charge in [0.05, 0.1) is 6.61 Å². The lowest BCUT2D eigenvalue weighted by Gasteiger charge is -2.27. The maximum absolute atomic E-state index is 5.70. The molecule has 21 heavy (non-hydrogen) atoms. The molecule has 0 radical (unpaired) electrons. The molecule has 2 unspecified atom stereocenters. The van der Waals surface area contributed by atoms with Crippen molar-refractivity contribution >= 4 is 0 Å². The first-order chi connectivity index (χ1) is 10.3. The molecule has 2 nitrogen and oxygen atoms in total. The van der Waals surface area contributed by atoms with E-state index in [0.29, 0.717) is 12.0 Å². The lowest BCUT2D eigenvalue weighted by Crippen LogP contribution is -2.34. The summed E-state index contributed by atoms with van der Waals surface area (Å²) in [5.74, 6) is 1.67. The van der Waals surface area contributed by atoms with Gasteiger partial charge in [0.1, 0.15) is 5.75 Å². The molecule has 0 saturated heterocycles. The van der Waals surface area contributed by atoms with Crippen LogP contribution in [0.1, 0.15) is 70.3 Å². The second kappa shape index (κ2) is 9.09. The van der Waals surface area contributed by atoms with Gasteiger partial charge in [-0.1, -0.05) is 45.2 Å². The van der Waals surface area contributed by atoms with Crippen LogP contribution >= 0.6 is 0 Å². The monoisotopic (exact) mass is 289 g/mol. The Morgan fingerprint density at radius 2 is 1.76 bits per heavy atom. The molecule has 1 aromatic rings. The highest BCUT2D eigenvalue weighted by Gasteiger charge is 2.24. The van der Waals surface area contributed by atoms with Gasteiger partial charge in [-0.15, -0.1) is 0 Å². The molecule has 1 aromatic carbocycles. The molecule has 118 valence electrons.